The summed E-state index contributed by atoms with van der Waals surface area (Å²) in [5, 5.41) is 19.7. The minimum atomic E-state index is -1.88. The maximum atomic E-state index is 13.2. The van der Waals surface area contributed by atoms with E-state index in [1.807, 2.05) is 55.5 Å². The molecule has 1 unspecified atom stereocenters. The summed E-state index contributed by atoms with van der Waals surface area (Å²) in [4.78, 5) is 23.5. The molecule has 1 atom stereocenters. The third kappa shape index (κ3) is 5.15. The van der Waals surface area contributed by atoms with Gasteiger partial charge in [-0.05, 0) is 83.6 Å². The second-order valence-corrected chi connectivity index (χ2v) is 12.2. The number of aldehydes is 1. The molecule has 0 saturated carbocycles. The molecule has 0 aliphatic carbocycles. The zero-order valence-electron chi connectivity index (χ0n) is 22.9. The van der Waals surface area contributed by atoms with E-state index >= 15 is 0 Å². The van der Waals surface area contributed by atoms with Crippen LogP contribution in [-0.4, -0.2) is 45.3 Å². The van der Waals surface area contributed by atoms with Gasteiger partial charge in [0.1, 0.15) is 28.4 Å². The minimum Gasteiger partial charge on any atom is -0.421 e. The van der Waals surface area contributed by atoms with Gasteiger partial charge in [0.05, 0.1) is 26.7 Å². The van der Waals surface area contributed by atoms with Crippen LogP contribution in [0.25, 0.3) is 37.0 Å². The number of fused-ring (bicyclic) bond motifs is 3. The summed E-state index contributed by atoms with van der Waals surface area (Å²) in [5.74, 6) is -2.45. The van der Waals surface area contributed by atoms with E-state index in [9.17, 15) is 14.7 Å². The molecule has 13 heteroatoms. The van der Waals surface area contributed by atoms with Crippen LogP contribution < -0.4 is 0 Å². The summed E-state index contributed by atoms with van der Waals surface area (Å²) in [6, 6.07) is 23.9. The minimum absolute atomic E-state index is 0.312. The van der Waals surface area contributed by atoms with Crippen molar-refractivity contribution in [3.05, 3.63) is 112 Å². The summed E-state index contributed by atoms with van der Waals surface area (Å²) in [6.07, 6.45) is 1.13. The number of cyclic esters (lactones) is 1. The molecule has 7 aromatic rings. The van der Waals surface area contributed by atoms with Crippen molar-refractivity contribution in [1.82, 2.24) is 27.9 Å². The largest absolute Gasteiger partial charge is 0.421 e. The molecule has 1 N–H and O–H groups in total. The number of carbonyl (C=O) groups excluding carboxylic acids is 2. The molecule has 1 aliphatic heterocycles. The van der Waals surface area contributed by atoms with Gasteiger partial charge in [0.25, 0.3) is 5.79 Å². The van der Waals surface area contributed by atoms with Crippen molar-refractivity contribution >= 4 is 84.1 Å². The molecule has 3 aromatic heterocycles. The van der Waals surface area contributed by atoms with Crippen LogP contribution in [0.5, 0.6) is 0 Å². The molecule has 0 spiro atoms. The molecular weight excluding hydrogens is 617 g/mol. The van der Waals surface area contributed by atoms with Crippen LogP contribution in [0.3, 0.4) is 0 Å². The lowest BCUT2D eigenvalue weighted by Gasteiger charge is -2.26. The third-order valence-electron chi connectivity index (χ3n) is 7.24. The fourth-order valence-electron chi connectivity index (χ4n) is 4.99. The summed E-state index contributed by atoms with van der Waals surface area (Å²) >= 11 is 3.72. The number of nitrogens with zero attached hydrogens (tertiary/aromatic N) is 6. The van der Waals surface area contributed by atoms with E-state index in [1.165, 1.54) is 23.1 Å². The van der Waals surface area contributed by atoms with Crippen LogP contribution in [0.2, 0.25) is 0 Å². The lowest BCUT2D eigenvalue weighted by Crippen LogP contribution is -2.29. The van der Waals surface area contributed by atoms with Gasteiger partial charge in [-0.1, -0.05) is 50.9 Å². The van der Waals surface area contributed by atoms with Gasteiger partial charge in [-0.15, -0.1) is 10.2 Å². The second kappa shape index (κ2) is 11.4. The second-order valence-electron chi connectivity index (χ2n) is 10.1. The van der Waals surface area contributed by atoms with Crippen molar-refractivity contribution in [2.45, 2.75) is 19.1 Å². The highest BCUT2D eigenvalue weighted by atomic mass is 32.1. The normalized spacial score (nSPS) is 16.4. The Labute approximate surface area is 261 Å². The Balaban J connectivity index is 0.000000239. The fraction of sp³-hybridized carbons (Fsp3) is 0.0968. The Morgan fingerprint density at radius 1 is 0.818 bits per heavy atom. The van der Waals surface area contributed by atoms with Gasteiger partial charge in [0.15, 0.2) is 0 Å². The van der Waals surface area contributed by atoms with E-state index in [4.69, 9.17) is 4.74 Å². The molecule has 0 bridgehead atoms. The maximum Gasteiger partial charge on any atom is 0.342 e. The summed E-state index contributed by atoms with van der Waals surface area (Å²) in [5.41, 5.74) is 7.71. The average Bonchev–Trinajstić information content (AvgIpc) is 3.84. The zero-order chi connectivity index (χ0) is 30.3. The summed E-state index contributed by atoms with van der Waals surface area (Å²) in [6.45, 7) is 1.96. The molecule has 1 aliphatic rings. The first-order chi connectivity index (χ1) is 21.4. The van der Waals surface area contributed by atoms with E-state index in [-0.39, 0.29) is 0 Å². The highest BCUT2D eigenvalue weighted by Gasteiger charge is 2.48. The number of aliphatic hydroxyl groups is 1. The van der Waals surface area contributed by atoms with Crippen molar-refractivity contribution in [1.29, 1.82) is 0 Å². The molecule has 44 heavy (non-hydrogen) atoms. The van der Waals surface area contributed by atoms with Crippen LogP contribution in [0, 0.1) is 6.92 Å². The number of aromatic nitrogens is 6. The van der Waals surface area contributed by atoms with Gasteiger partial charge in [-0.2, -0.15) is 8.75 Å². The number of hydrogen-bond acceptors (Lipinski definition) is 13. The van der Waals surface area contributed by atoms with Crippen LogP contribution in [0.4, 0.5) is 0 Å². The molecule has 0 amide bonds. The molecule has 0 fully saturated rings. The van der Waals surface area contributed by atoms with Gasteiger partial charge < -0.3 is 9.84 Å². The van der Waals surface area contributed by atoms with Crippen LogP contribution in [-0.2, 0) is 21.7 Å². The fourth-order valence-corrected chi connectivity index (χ4v) is 6.74. The van der Waals surface area contributed by atoms with E-state index in [0.29, 0.717) is 39.8 Å². The Morgan fingerprint density at radius 2 is 1.50 bits per heavy atom. The predicted octanol–water partition coefficient (Wildman–Crippen LogP) is 5.91. The van der Waals surface area contributed by atoms with E-state index in [0.717, 1.165) is 55.1 Å². The number of benzene rings is 4. The zero-order valence-corrected chi connectivity index (χ0v) is 25.3. The predicted molar refractivity (Wildman–Crippen MR) is 169 cm³/mol. The Morgan fingerprint density at radius 3 is 2.25 bits per heavy atom. The molecule has 10 nitrogen and oxygen atoms in total. The van der Waals surface area contributed by atoms with Crippen LogP contribution >= 0.6 is 34.8 Å². The smallest absolute Gasteiger partial charge is 0.342 e. The third-order valence-corrected chi connectivity index (χ3v) is 9.17. The molecule has 4 aromatic carbocycles. The number of rotatable bonds is 5. The average molecular weight is 637 g/mol. The van der Waals surface area contributed by atoms with Crippen LogP contribution in [0.15, 0.2) is 84.4 Å². The summed E-state index contributed by atoms with van der Waals surface area (Å²) in [7, 11) is 0. The lowest BCUT2D eigenvalue weighted by molar-refractivity contribution is -0.185. The standard InChI is InChI=1S/C24H16N4O3S2.C7H4N2OS/c1-13-2-6-16(7-3-13)24(30)17(10-14-4-8-19-21(11-14)32-28-25-19)22(23(29)31-24)15-5-9-18-20(12-15)27-33-26-18;10-4-5-1-2-6-7(3-5)11-9-8-6/h2-9,11-12,30H,10H2,1H3;1-4H. The van der Waals surface area contributed by atoms with E-state index < -0.39 is 11.8 Å². The first-order valence-electron chi connectivity index (χ1n) is 13.3. The van der Waals surface area contributed by atoms with Gasteiger partial charge >= 0.3 is 5.97 Å². The lowest BCUT2D eigenvalue weighted by atomic mass is 9.88. The van der Waals surface area contributed by atoms with Gasteiger partial charge in [0.2, 0.25) is 0 Å². The van der Waals surface area contributed by atoms with Crippen molar-refractivity contribution in [2.24, 2.45) is 0 Å². The molecule has 216 valence electrons. The Kier molecular flexibility index (Phi) is 7.22. The Hall–Kier alpha value is -4.82. The first kappa shape index (κ1) is 28.0. The SMILES string of the molecule is Cc1ccc(C2(O)OC(=O)C(c3ccc4nsnc4c3)=C2Cc2ccc3nnsc3c2)cc1.O=Cc1ccc2nnsc2c1. The number of aryl methyl sites for hydroxylation is 1. The quantitative estimate of drug-likeness (QED) is 0.179. The first-order valence-corrected chi connectivity index (χ1v) is 15.6. The maximum absolute atomic E-state index is 13.2. The van der Waals surface area contributed by atoms with Crippen molar-refractivity contribution in [2.75, 3.05) is 0 Å². The van der Waals surface area contributed by atoms with Gasteiger partial charge in [-0.25, -0.2) is 4.79 Å². The van der Waals surface area contributed by atoms with Crippen molar-refractivity contribution in [3.8, 4) is 0 Å². The van der Waals surface area contributed by atoms with Gasteiger partial charge in [-0.3, -0.25) is 4.79 Å². The van der Waals surface area contributed by atoms with Crippen molar-refractivity contribution in [3.63, 3.8) is 0 Å². The van der Waals surface area contributed by atoms with E-state index in [1.54, 1.807) is 30.3 Å². The summed E-state index contributed by atoms with van der Waals surface area (Å²) < 4.78 is 23.9. The molecule has 8 rings (SSSR count). The molecular formula is C31H20N6O4S3. The number of ether oxygens (including phenoxy) is 1. The molecule has 0 saturated heterocycles. The number of carbonyl (C=O) groups is 2. The van der Waals surface area contributed by atoms with E-state index in [2.05, 4.69) is 27.9 Å². The molecule has 0 radical (unpaired) electrons. The topological polar surface area (TPSA) is 141 Å². The number of hydrogen-bond donors (Lipinski definition) is 1. The molecule has 4 heterocycles. The highest BCUT2D eigenvalue weighted by molar-refractivity contribution is 7.13. The number of esters is 1. The van der Waals surface area contributed by atoms with Gasteiger partial charge in [0, 0.05) is 23.1 Å². The monoisotopic (exact) mass is 636 g/mol. The Bertz CT molecular complexity index is 2220. The van der Waals surface area contributed by atoms with Crippen molar-refractivity contribution < 1.29 is 19.4 Å². The highest BCUT2D eigenvalue weighted by Crippen LogP contribution is 2.45. The van der Waals surface area contributed by atoms with Crippen LogP contribution in [0.1, 0.15) is 32.6 Å².